The second kappa shape index (κ2) is 11.7. The van der Waals surface area contributed by atoms with Crippen LogP contribution in [0.15, 0.2) is 66.7 Å². The highest BCUT2D eigenvalue weighted by atomic mass is 16.5. The Hall–Kier alpha value is -3.84. The summed E-state index contributed by atoms with van der Waals surface area (Å²) in [5, 5.41) is 0. The summed E-state index contributed by atoms with van der Waals surface area (Å²) in [5.74, 6) is 0.517. The van der Waals surface area contributed by atoms with Gasteiger partial charge >= 0.3 is 11.9 Å². The maximum atomic E-state index is 11.6. The molecule has 0 aliphatic heterocycles. The van der Waals surface area contributed by atoms with Gasteiger partial charge in [-0.25, -0.2) is 9.59 Å². The van der Waals surface area contributed by atoms with Crippen LogP contribution in [0.2, 0.25) is 0 Å². The molecule has 3 rings (SSSR count). The zero-order chi connectivity index (χ0) is 23.6. The lowest BCUT2D eigenvalue weighted by Crippen LogP contribution is -2.03. The number of carbonyl (C=O) groups is 2. The standard InChI is InChI=1S/C26H26O7/c1-29-15-20-12-23(32-16-18-4-8-21(9-5-18)25(27)30-2)14-24(13-20)33-17-19-6-10-22(11-7-19)26(28)31-3/h4-14H,15-17H2,1-3H3. The van der Waals surface area contributed by atoms with Crippen LogP contribution in [-0.4, -0.2) is 33.3 Å². The number of carbonyl (C=O) groups excluding carboxylic acids is 2. The van der Waals surface area contributed by atoms with Crippen molar-refractivity contribution in [3.8, 4) is 11.5 Å². The molecule has 3 aromatic carbocycles. The van der Waals surface area contributed by atoms with E-state index < -0.39 is 0 Å². The molecule has 0 aliphatic carbocycles. The number of ether oxygens (including phenoxy) is 5. The first-order valence-corrected chi connectivity index (χ1v) is 10.3. The van der Waals surface area contributed by atoms with Crippen LogP contribution in [0.25, 0.3) is 0 Å². The van der Waals surface area contributed by atoms with Gasteiger partial charge in [0.25, 0.3) is 0 Å². The Morgan fingerprint density at radius 3 is 1.36 bits per heavy atom. The van der Waals surface area contributed by atoms with Crippen molar-refractivity contribution in [2.45, 2.75) is 19.8 Å². The van der Waals surface area contributed by atoms with Gasteiger partial charge in [-0.15, -0.1) is 0 Å². The molecule has 0 N–H and O–H groups in total. The molecule has 0 unspecified atom stereocenters. The second-order valence-corrected chi connectivity index (χ2v) is 7.20. The summed E-state index contributed by atoms with van der Waals surface area (Å²) in [4.78, 5) is 23.1. The molecule has 0 heterocycles. The zero-order valence-electron chi connectivity index (χ0n) is 18.8. The summed E-state index contributed by atoms with van der Waals surface area (Å²) >= 11 is 0. The van der Waals surface area contributed by atoms with Crippen molar-refractivity contribution in [2.24, 2.45) is 0 Å². The molecule has 172 valence electrons. The van der Waals surface area contributed by atoms with Gasteiger partial charge in [0.15, 0.2) is 0 Å². The van der Waals surface area contributed by atoms with Crippen LogP contribution in [0.3, 0.4) is 0 Å². The van der Waals surface area contributed by atoms with E-state index >= 15 is 0 Å². The van der Waals surface area contributed by atoms with Gasteiger partial charge in [0.1, 0.15) is 24.7 Å². The Bertz CT molecular complexity index is 991. The molecule has 7 heteroatoms. The SMILES string of the molecule is COCc1cc(OCc2ccc(C(=O)OC)cc2)cc(OCc2ccc(C(=O)OC)cc2)c1. The van der Waals surface area contributed by atoms with Crippen LogP contribution in [-0.2, 0) is 34.0 Å². The molecule has 0 atom stereocenters. The Labute approximate surface area is 192 Å². The lowest BCUT2D eigenvalue weighted by atomic mass is 10.1. The lowest BCUT2D eigenvalue weighted by Gasteiger charge is -2.13. The van der Waals surface area contributed by atoms with E-state index in [0.29, 0.717) is 42.4 Å². The molecule has 0 saturated heterocycles. The zero-order valence-corrected chi connectivity index (χ0v) is 18.8. The number of esters is 2. The van der Waals surface area contributed by atoms with E-state index in [1.165, 1.54) is 14.2 Å². The van der Waals surface area contributed by atoms with Crippen molar-refractivity contribution in [3.63, 3.8) is 0 Å². The molecule has 0 fully saturated rings. The van der Waals surface area contributed by atoms with E-state index in [9.17, 15) is 9.59 Å². The van der Waals surface area contributed by atoms with Crippen molar-refractivity contribution in [1.82, 2.24) is 0 Å². The van der Waals surface area contributed by atoms with Crippen LogP contribution in [0.4, 0.5) is 0 Å². The Kier molecular flexibility index (Phi) is 8.43. The number of hydrogen-bond donors (Lipinski definition) is 0. The Morgan fingerprint density at radius 2 is 1.00 bits per heavy atom. The van der Waals surface area contributed by atoms with Gasteiger partial charge in [-0.2, -0.15) is 0 Å². The first-order valence-electron chi connectivity index (χ1n) is 10.3. The minimum absolute atomic E-state index is 0.326. The van der Waals surface area contributed by atoms with E-state index in [1.807, 2.05) is 42.5 Å². The highest BCUT2D eigenvalue weighted by Gasteiger charge is 2.08. The monoisotopic (exact) mass is 450 g/mol. The summed E-state index contributed by atoms with van der Waals surface area (Å²) in [5.41, 5.74) is 3.70. The molecular formula is C26H26O7. The molecular weight excluding hydrogens is 424 g/mol. The minimum Gasteiger partial charge on any atom is -0.489 e. The normalized spacial score (nSPS) is 10.4. The van der Waals surface area contributed by atoms with Gasteiger partial charge in [-0.3, -0.25) is 0 Å². The van der Waals surface area contributed by atoms with E-state index in [4.69, 9.17) is 23.7 Å². The fraction of sp³-hybridized carbons (Fsp3) is 0.231. The first-order chi connectivity index (χ1) is 16.0. The summed E-state index contributed by atoms with van der Waals surface area (Å²) in [7, 11) is 4.33. The number of rotatable bonds is 10. The molecule has 0 amide bonds. The Morgan fingerprint density at radius 1 is 0.576 bits per heavy atom. The van der Waals surface area contributed by atoms with E-state index in [-0.39, 0.29) is 11.9 Å². The predicted octanol–water partition coefficient (Wildman–Crippen LogP) is 4.56. The summed E-state index contributed by atoms with van der Waals surface area (Å²) in [6.07, 6.45) is 0. The largest absolute Gasteiger partial charge is 0.489 e. The third kappa shape index (κ3) is 6.82. The van der Waals surface area contributed by atoms with Gasteiger partial charge in [0.2, 0.25) is 0 Å². The summed E-state index contributed by atoms with van der Waals surface area (Å²) in [6.45, 7) is 1.06. The molecule has 0 aliphatic rings. The van der Waals surface area contributed by atoms with E-state index in [0.717, 1.165) is 16.7 Å². The van der Waals surface area contributed by atoms with Crippen molar-refractivity contribution in [3.05, 3.63) is 94.5 Å². The van der Waals surface area contributed by atoms with Crippen molar-refractivity contribution in [1.29, 1.82) is 0 Å². The molecule has 0 aromatic heterocycles. The number of methoxy groups -OCH3 is 3. The quantitative estimate of drug-likeness (QED) is 0.419. The van der Waals surface area contributed by atoms with E-state index in [2.05, 4.69) is 0 Å². The molecule has 0 saturated carbocycles. The van der Waals surface area contributed by atoms with E-state index in [1.54, 1.807) is 31.4 Å². The smallest absolute Gasteiger partial charge is 0.337 e. The highest BCUT2D eigenvalue weighted by Crippen LogP contribution is 2.25. The molecule has 0 bridgehead atoms. The molecule has 33 heavy (non-hydrogen) atoms. The third-order valence-electron chi connectivity index (χ3n) is 4.81. The maximum Gasteiger partial charge on any atom is 0.337 e. The fourth-order valence-corrected chi connectivity index (χ4v) is 3.09. The number of benzene rings is 3. The molecule has 3 aromatic rings. The van der Waals surface area contributed by atoms with Crippen molar-refractivity contribution >= 4 is 11.9 Å². The van der Waals surface area contributed by atoms with Crippen molar-refractivity contribution in [2.75, 3.05) is 21.3 Å². The maximum absolute atomic E-state index is 11.6. The van der Waals surface area contributed by atoms with Crippen LogP contribution in [0, 0.1) is 0 Å². The third-order valence-corrected chi connectivity index (χ3v) is 4.81. The van der Waals surface area contributed by atoms with Gasteiger partial charge in [-0.05, 0) is 53.1 Å². The highest BCUT2D eigenvalue weighted by molar-refractivity contribution is 5.89. The number of hydrogen-bond acceptors (Lipinski definition) is 7. The fourth-order valence-electron chi connectivity index (χ4n) is 3.09. The van der Waals surface area contributed by atoms with Crippen LogP contribution in [0.1, 0.15) is 37.4 Å². The molecule has 0 radical (unpaired) electrons. The predicted molar refractivity (Wildman–Crippen MR) is 121 cm³/mol. The second-order valence-electron chi connectivity index (χ2n) is 7.20. The van der Waals surface area contributed by atoms with Crippen molar-refractivity contribution < 1.29 is 33.3 Å². The topological polar surface area (TPSA) is 80.3 Å². The Balaban J connectivity index is 1.66. The minimum atomic E-state index is -0.378. The van der Waals surface area contributed by atoms with Crippen LogP contribution < -0.4 is 9.47 Å². The summed E-state index contributed by atoms with van der Waals surface area (Å²) < 4.78 is 26.6. The van der Waals surface area contributed by atoms with Gasteiger partial charge in [0, 0.05) is 13.2 Å². The molecule has 7 nitrogen and oxygen atoms in total. The van der Waals surface area contributed by atoms with Crippen LogP contribution >= 0.6 is 0 Å². The average Bonchev–Trinajstić information content (AvgIpc) is 2.86. The first kappa shape index (κ1) is 23.8. The van der Waals surface area contributed by atoms with Gasteiger partial charge in [0.05, 0.1) is 32.0 Å². The average molecular weight is 450 g/mol. The van der Waals surface area contributed by atoms with Crippen LogP contribution in [0.5, 0.6) is 11.5 Å². The van der Waals surface area contributed by atoms with Gasteiger partial charge in [-0.1, -0.05) is 24.3 Å². The molecule has 0 spiro atoms. The lowest BCUT2D eigenvalue weighted by molar-refractivity contribution is 0.0592. The summed E-state index contributed by atoms with van der Waals surface area (Å²) in [6, 6.07) is 19.7. The van der Waals surface area contributed by atoms with Gasteiger partial charge < -0.3 is 23.7 Å².